The van der Waals surface area contributed by atoms with Gasteiger partial charge in [-0.05, 0) is 116 Å². The number of para-hydroxylation sites is 1. The van der Waals surface area contributed by atoms with Crippen LogP contribution in [0.25, 0.3) is 0 Å². The molecule has 1 amide bonds. The number of amides is 1. The van der Waals surface area contributed by atoms with E-state index in [1.807, 2.05) is 18.2 Å². The van der Waals surface area contributed by atoms with Gasteiger partial charge in [0.1, 0.15) is 0 Å². The lowest BCUT2D eigenvalue weighted by molar-refractivity contribution is -0.203. The second-order valence-corrected chi connectivity index (χ2v) is 16.4. The fourth-order valence-corrected chi connectivity index (χ4v) is 11.2. The number of nitrogens with zero attached hydrogens (tertiary/aromatic N) is 1. The molecule has 0 bridgehead atoms. The van der Waals surface area contributed by atoms with Gasteiger partial charge >= 0.3 is 0 Å². The summed E-state index contributed by atoms with van der Waals surface area (Å²) in [4.78, 5) is 14.9. The standard InChI is InChI=1S/C34H53NO6S/c1-5-25-29-21-24(36)15-17-34(29,4)28-16-18-33(3)26(12-13-27(33)31(28)32(25)38)22(2)11-14-30(37)35(19-20-42(39,40)41)23-9-7-6-8-10-23/h6-10,22,24-29,31-32,36,38H,5,11-21H2,1-4H3,(H,39,40,41)/t22-,24-,25-,26-,27+,28+,29+,31+,32-,33-,34-/m1/s1. The van der Waals surface area contributed by atoms with Crippen molar-refractivity contribution in [3.63, 3.8) is 0 Å². The molecular weight excluding hydrogens is 550 g/mol. The minimum absolute atomic E-state index is 0.0738. The number of hydrogen-bond acceptors (Lipinski definition) is 5. The van der Waals surface area contributed by atoms with Crippen molar-refractivity contribution in [2.75, 3.05) is 17.2 Å². The van der Waals surface area contributed by atoms with Crippen LogP contribution in [0.1, 0.15) is 91.9 Å². The molecule has 0 spiro atoms. The van der Waals surface area contributed by atoms with Gasteiger partial charge < -0.3 is 15.1 Å². The molecule has 5 rings (SSSR count). The van der Waals surface area contributed by atoms with E-state index >= 15 is 0 Å². The van der Waals surface area contributed by atoms with E-state index in [1.54, 1.807) is 12.1 Å². The molecule has 1 aromatic rings. The molecule has 4 aliphatic carbocycles. The molecule has 1 aromatic carbocycles. The Morgan fingerprint density at radius 3 is 2.33 bits per heavy atom. The summed E-state index contributed by atoms with van der Waals surface area (Å²) in [6, 6.07) is 9.09. The lowest BCUT2D eigenvalue weighted by Crippen LogP contribution is -2.62. The second kappa shape index (κ2) is 12.1. The largest absolute Gasteiger partial charge is 0.393 e. The van der Waals surface area contributed by atoms with Gasteiger partial charge in [0, 0.05) is 18.7 Å². The summed E-state index contributed by atoms with van der Waals surface area (Å²) >= 11 is 0. The maximum absolute atomic E-state index is 13.4. The number of hydrogen-bond donors (Lipinski definition) is 3. The first-order chi connectivity index (χ1) is 19.8. The van der Waals surface area contributed by atoms with Gasteiger partial charge in [0.25, 0.3) is 10.1 Å². The van der Waals surface area contributed by atoms with Crippen LogP contribution in [0, 0.1) is 52.3 Å². The third-order valence-electron chi connectivity index (χ3n) is 12.9. The first kappa shape index (κ1) is 31.9. The summed E-state index contributed by atoms with van der Waals surface area (Å²) in [7, 11) is -4.19. The van der Waals surface area contributed by atoms with E-state index < -0.39 is 15.9 Å². The van der Waals surface area contributed by atoms with Crippen LogP contribution >= 0.6 is 0 Å². The number of aliphatic hydroxyl groups excluding tert-OH is 2. The number of anilines is 1. The van der Waals surface area contributed by atoms with Crippen LogP contribution in [-0.2, 0) is 14.9 Å². The Morgan fingerprint density at radius 2 is 1.67 bits per heavy atom. The van der Waals surface area contributed by atoms with Crippen LogP contribution in [0.15, 0.2) is 30.3 Å². The third kappa shape index (κ3) is 5.82. The molecule has 4 aliphatic rings. The van der Waals surface area contributed by atoms with Gasteiger partial charge in [-0.3, -0.25) is 9.35 Å². The minimum atomic E-state index is -4.19. The highest BCUT2D eigenvalue weighted by Gasteiger charge is 2.64. The van der Waals surface area contributed by atoms with E-state index in [4.69, 9.17) is 0 Å². The highest BCUT2D eigenvalue weighted by molar-refractivity contribution is 7.85. The molecule has 0 aliphatic heterocycles. The Balaban J connectivity index is 1.29. The molecule has 8 heteroatoms. The maximum Gasteiger partial charge on any atom is 0.266 e. The Bertz CT molecular complexity index is 1210. The molecule has 4 fully saturated rings. The van der Waals surface area contributed by atoms with E-state index in [-0.39, 0.29) is 41.4 Å². The number of carbonyl (C=O) groups excluding carboxylic acids is 1. The topological polar surface area (TPSA) is 115 Å². The molecule has 236 valence electrons. The van der Waals surface area contributed by atoms with Crippen molar-refractivity contribution < 1.29 is 28.0 Å². The fourth-order valence-electron chi connectivity index (χ4n) is 10.8. The van der Waals surface area contributed by atoms with Crippen molar-refractivity contribution in [2.24, 2.45) is 52.3 Å². The highest BCUT2D eigenvalue weighted by atomic mass is 32.2. The van der Waals surface area contributed by atoms with Gasteiger partial charge in [-0.25, -0.2) is 0 Å². The normalized spacial score (nSPS) is 40.5. The zero-order valence-corrected chi connectivity index (χ0v) is 26.8. The predicted molar refractivity (Wildman–Crippen MR) is 165 cm³/mol. The van der Waals surface area contributed by atoms with Gasteiger partial charge in [0.05, 0.1) is 18.0 Å². The summed E-state index contributed by atoms with van der Waals surface area (Å²) < 4.78 is 32.3. The van der Waals surface area contributed by atoms with Gasteiger partial charge in [-0.15, -0.1) is 0 Å². The van der Waals surface area contributed by atoms with Gasteiger partial charge in [-0.2, -0.15) is 8.42 Å². The average Bonchev–Trinajstić information content (AvgIpc) is 3.30. The van der Waals surface area contributed by atoms with E-state index in [2.05, 4.69) is 27.7 Å². The van der Waals surface area contributed by atoms with Crippen LogP contribution in [0.2, 0.25) is 0 Å². The molecule has 42 heavy (non-hydrogen) atoms. The van der Waals surface area contributed by atoms with Gasteiger partial charge in [-0.1, -0.05) is 52.3 Å². The summed E-state index contributed by atoms with van der Waals surface area (Å²) in [6.07, 6.45) is 8.76. The van der Waals surface area contributed by atoms with Gasteiger partial charge in [0.15, 0.2) is 0 Å². The molecular formula is C34H53NO6S. The fraction of sp³-hybridized carbons (Fsp3) is 0.794. The van der Waals surface area contributed by atoms with Crippen molar-refractivity contribution in [2.45, 2.75) is 104 Å². The second-order valence-electron chi connectivity index (χ2n) is 14.8. The van der Waals surface area contributed by atoms with Crippen LogP contribution in [0.3, 0.4) is 0 Å². The summed E-state index contributed by atoms with van der Waals surface area (Å²) in [5, 5.41) is 22.5. The van der Waals surface area contributed by atoms with Crippen molar-refractivity contribution in [1.29, 1.82) is 0 Å². The van der Waals surface area contributed by atoms with Crippen LogP contribution in [0.5, 0.6) is 0 Å². The summed E-state index contributed by atoms with van der Waals surface area (Å²) in [6.45, 7) is 9.34. The van der Waals surface area contributed by atoms with E-state index in [9.17, 15) is 28.0 Å². The molecule has 7 nitrogen and oxygen atoms in total. The number of benzene rings is 1. The zero-order valence-electron chi connectivity index (χ0n) is 26.0. The Hall–Kier alpha value is -1.48. The molecule has 0 saturated heterocycles. The van der Waals surface area contributed by atoms with Crippen LogP contribution < -0.4 is 4.90 Å². The number of rotatable bonds is 9. The summed E-state index contributed by atoms with van der Waals surface area (Å²) in [5.41, 5.74) is 0.956. The lowest BCUT2D eigenvalue weighted by atomic mass is 9.41. The molecule has 0 unspecified atom stereocenters. The Labute approximate surface area is 253 Å². The quantitative estimate of drug-likeness (QED) is 0.301. The smallest absolute Gasteiger partial charge is 0.266 e. The van der Waals surface area contributed by atoms with E-state index in [0.29, 0.717) is 47.6 Å². The number of fused-ring (bicyclic) bond motifs is 5. The monoisotopic (exact) mass is 603 g/mol. The van der Waals surface area contributed by atoms with Crippen molar-refractivity contribution in [3.05, 3.63) is 30.3 Å². The summed E-state index contributed by atoms with van der Waals surface area (Å²) in [5.74, 6) is 2.11. The van der Waals surface area contributed by atoms with Crippen LogP contribution in [0.4, 0.5) is 5.69 Å². The molecule has 4 saturated carbocycles. The minimum Gasteiger partial charge on any atom is -0.393 e. The Kier molecular flexibility index (Phi) is 9.22. The third-order valence-corrected chi connectivity index (χ3v) is 13.6. The van der Waals surface area contributed by atoms with Crippen molar-refractivity contribution in [3.8, 4) is 0 Å². The molecule has 0 radical (unpaired) electrons. The molecule has 11 atom stereocenters. The predicted octanol–water partition coefficient (Wildman–Crippen LogP) is 5.95. The number of carbonyl (C=O) groups is 1. The van der Waals surface area contributed by atoms with Crippen molar-refractivity contribution >= 4 is 21.7 Å². The molecule has 0 aromatic heterocycles. The first-order valence-electron chi connectivity index (χ1n) is 16.5. The Morgan fingerprint density at radius 1 is 1.00 bits per heavy atom. The van der Waals surface area contributed by atoms with Crippen molar-refractivity contribution in [1.82, 2.24) is 0 Å². The highest BCUT2D eigenvalue weighted by Crippen LogP contribution is 2.69. The SMILES string of the molecule is CC[C@H]1[C@@H](O)[C@@H]2[C@H](CC[C@]3(C)[C@@H]([C@H](C)CCC(=O)N(CCS(=O)(=O)O)c4ccccc4)CC[C@@H]23)[C@@]2(C)CC[C@@H](O)C[C@@H]12. The molecule has 3 N–H and O–H groups in total. The van der Waals surface area contributed by atoms with Gasteiger partial charge in [0.2, 0.25) is 5.91 Å². The zero-order chi connectivity index (χ0) is 30.4. The van der Waals surface area contributed by atoms with E-state index in [0.717, 1.165) is 57.8 Å². The molecule has 0 heterocycles. The average molecular weight is 604 g/mol. The van der Waals surface area contributed by atoms with Crippen LogP contribution in [-0.4, -0.2) is 53.6 Å². The first-order valence-corrected chi connectivity index (χ1v) is 18.1. The maximum atomic E-state index is 13.4. The number of aliphatic hydroxyl groups is 2. The lowest BCUT2D eigenvalue weighted by Gasteiger charge is -2.64. The van der Waals surface area contributed by atoms with E-state index in [1.165, 1.54) is 4.90 Å².